The molecule has 1 unspecified atom stereocenters. The highest BCUT2D eigenvalue weighted by Crippen LogP contribution is 2.40. The van der Waals surface area contributed by atoms with Crippen LogP contribution in [0.4, 0.5) is 0 Å². The zero-order chi connectivity index (χ0) is 13.9. The first-order valence-corrected chi connectivity index (χ1v) is 7.54. The minimum Gasteiger partial charge on any atom is -0.501 e. The van der Waals surface area contributed by atoms with Crippen LogP contribution in [0.5, 0.6) is 0 Å². The lowest BCUT2D eigenvalue weighted by Crippen LogP contribution is -2.62. The van der Waals surface area contributed by atoms with Crippen molar-refractivity contribution in [3.05, 3.63) is 11.8 Å². The summed E-state index contributed by atoms with van der Waals surface area (Å²) in [5, 5.41) is 0. The number of hydrogen-bond acceptors (Lipinski definition) is 4. The Morgan fingerprint density at radius 3 is 2.58 bits per heavy atom. The predicted octanol–water partition coefficient (Wildman–Crippen LogP) is 2.02. The fourth-order valence-electron chi connectivity index (χ4n) is 3.66. The second kappa shape index (κ2) is 6.25. The van der Waals surface area contributed by atoms with E-state index in [1.54, 1.807) is 0 Å². The summed E-state index contributed by atoms with van der Waals surface area (Å²) in [6.07, 6.45) is 9.11. The standard InChI is InChI=1S/C15H29N3O/c1-12-6-8-15(9-7-12,18(2)3)14(17-16)13-5-4-10-19-11-13/h11-12,14,17H,4-10,16H2,1-3H3. The van der Waals surface area contributed by atoms with Crippen molar-refractivity contribution in [3.8, 4) is 0 Å². The van der Waals surface area contributed by atoms with Gasteiger partial charge in [0.15, 0.2) is 0 Å². The van der Waals surface area contributed by atoms with Gasteiger partial charge in [-0.1, -0.05) is 6.92 Å². The number of nitrogens with zero attached hydrogens (tertiary/aromatic N) is 1. The van der Waals surface area contributed by atoms with Crippen LogP contribution >= 0.6 is 0 Å². The molecule has 0 aromatic rings. The van der Waals surface area contributed by atoms with Crippen molar-refractivity contribution < 1.29 is 4.74 Å². The molecule has 1 aliphatic heterocycles. The van der Waals surface area contributed by atoms with E-state index in [1.165, 1.54) is 31.3 Å². The van der Waals surface area contributed by atoms with E-state index in [0.29, 0.717) is 0 Å². The number of hydrogen-bond donors (Lipinski definition) is 2. The molecule has 0 amide bonds. The van der Waals surface area contributed by atoms with Gasteiger partial charge in [0.2, 0.25) is 0 Å². The van der Waals surface area contributed by atoms with Crippen LogP contribution in [0.3, 0.4) is 0 Å². The second-order valence-electron chi connectivity index (χ2n) is 6.45. The monoisotopic (exact) mass is 267 g/mol. The van der Waals surface area contributed by atoms with Crippen LogP contribution in [0, 0.1) is 5.92 Å². The summed E-state index contributed by atoms with van der Waals surface area (Å²) in [6.45, 7) is 3.19. The van der Waals surface area contributed by atoms with Gasteiger partial charge in [-0.3, -0.25) is 11.3 Å². The highest BCUT2D eigenvalue weighted by Gasteiger charge is 2.44. The van der Waals surface area contributed by atoms with Crippen molar-refractivity contribution >= 4 is 0 Å². The van der Waals surface area contributed by atoms with E-state index in [0.717, 1.165) is 25.4 Å². The van der Waals surface area contributed by atoms with Gasteiger partial charge in [-0.15, -0.1) is 0 Å². The van der Waals surface area contributed by atoms with Crippen molar-refractivity contribution in [2.24, 2.45) is 11.8 Å². The summed E-state index contributed by atoms with van der Waals surface area (Å²) >= 11 is 0. The van der Waals surface area contributed by atoms with Crippen molar-refractivity contribution in [2.75, 3.05) is 20.7 Å². The van der Waals surface area contributed by atoms with Crippen LogP contribution in [-0.2, 0) is 4.74 Å². The van der Waals surface area contributed by atoms with Crippen LogP contribution < -0.4 is 11.3 Å². The largest absolute Gasteiger partial charge is 0.501 e. The van der Waals surface area contributed by atoms with Gasteiger partial charge in [0.25, 0.3) is 0 Å². The van der Waals surface area contributed by atoms with Gasteiger partial charge in [-0.2, -0.15) is 0 Å². The fourth-order valence-corrected chi connectivity index (χ4v) is 3.66. The van der Waals surface area contributed by atoms with E-state index in [1.807, 2.05) is 6.26 Å². The molecule has 0 bridgehead atoms. The highest BCUT2D eigenvalue weighted by atomic mass is 16.5. The Morgan fingerprint density at radius 1 is 1.42 bits per heavy atom. The zero-order valence-corrected chi connectivity index (χ0v) is 12.6. The minimum absolute atomic E-state index is 0.133. The third-order valence-corrected chi connectivity index (χ3v) is 5.07. The van der Waals surface area contributed by atoms with Gasteiger partial charge >= 0.3 is 0 Å². The highest BCUT2D eigenvalue weighted by molar-refractivity contribution is 5.19. The Morgan fingerprint density at radius 2 is 2.11 bits per heavy atom. The second-order valence-corrected chi connectivity index (χ2v) is 6.45. The van der Waals surface area contributed by atoms with E-state index in [4.69, 9.17) is 10.6 Å². The van der Waals surface area contributed by atoms with Crippen LogP contribution in [0.2, 0.25) is 0 Å². The van der Waals surface area contributed by atoms with E-state index >= 15 is 0 Å². The first-order valence-electron chi connectivity index (χ1n) is 7.54. The molecule has 1 atom stereocenters. The number of rotatable bonds is 4. The number of nitrogens with two attached hydrogens (primary N) is 1. The Kier molecular flexibility index (Phi) is 4.87. The Labute approximate surface area is 117 Å². The van der Waals surface area contributed by atoms with Crippen molar-refractivity contribution in [1.82, 2.24) is 10.3 Å². The predicted molar refractivity (Wildman–Crippen MR) is 78.4 cm³/mol. The van der Waals surface area contributed by atoms with Gasteiger partial charge in [0.1, 0.15) is 0 Å². The topological polar surface area (TPSA) is 50.5 Å². The fraction of sp³-hybridized carbons (Fsp3) is 0.867. The van der Waals surface area contributed by atoms with E-state index in [2.05, 4.69) is 31.3 Å². The molecule has 0 saturated heterocycles. The number of hydrazine groups is 1. The lowest BCUT2D eigenvalue weighted by Gasteiger charge is -2.50. The molecule has 19 heavy (non-hydrogen) atoms. The summed E-state index contributed by atoms with van der Waals surface area (Å²) in [5.74, 6) is 6.76. The minimum atomic E-state index is 0.133. The molecule has 3 N–H and O–H groups in total. The number of nitrogens with one attached hydrogen (secondary N) is 1. The molecule has 4 nitrogen and oxygen atoms in total. The molecule has 110 valence electrons. The molecule has 0 radical (unpaired) electrons. The summed E-state index contributed by atoms with van der Waals surface area (Å²) in [7, 11) is 4.37. The van der Waals surface area contributed by atoms with E-state index in [-0.39, 0.29) is 11.6 Å². The number of ether oxygens (including phenoxy) is 1. The molecule has 2 aliphatic rings. The van der Waals surface area contributed by atoms with Gasteiger partial charge < -0.3 is 9.64 Å². The SMILES string of the molecule is CC1CCC(C(NN)C2=COCCC2)(N(C)C)CC1. The third-order valence-electron chi connectivity index (χ3n) is 5.07. The quantitative estimate of drug-likeness (QED) is 0.604. The maximum Gasteiger partial charge on any atom is 0.0876 e. The third kappa shape index (κ3) is 2.96. The molecule has 2 rings (SSSR count). The van der Waals surface area contributed by atoms with Crippen molar-refractivity contribution in [2.45, 2.75) is 57.0 Å². The average Bonchev–Trinajstić information content (AvgIpc) is 2.43. The summed E-state index contributed by atoms with van der Waals surface area (Å²) < 4.78 is 5.53. The molecule has 0 aromatic heterocycles. The Bertz CT molecular complexity index is 319. The molecule has 0 aromatic carbocycles. The maximum atomic E-state index is 5.92. The Hall–Kier alpha value is -0.580. The van der Waals surface area contributed by atoms with Gasteiger partial charge in [-0.25, -0.2) is 0 Å². The normalized spacial score (nSPS) is 33.7. The summed E-state index contributed by atoms with van der Waals surface area (Å²) in [5.41, 5.74) is 4.55. The number of likely N-dealkylation sites (N-methyl/N-ethyl adjacent to an activating group) is 1. The maximum absolute atomic E-state index is 5.92. The van der Waals surface area contributed by atoms with Gasteiger partial charge in [-0.05, 0) is 64.1 Å². The zero-order valence-electron chi connectivity index (χ0n) is 12.6. The van der Waals surface area contributed by atoms with Crippen LogP contribution in [0.25, 0.3) is 0 Å². The molecule has 1 heterocycles. The smallest absolute Gasteiger partial charge is 0.0876 e. The summed E-state index contributed by atoms with van der Waals surface area (Å²) in [4.78, 5) is 2.37. The van der Waals surface area contributed by atoms with E-state index in [9.17, 15) is 0 Å². The molecule has 0 spiro atoms. The Balaban J connectivity index is 2.23. The molecule has 1 fully saturated rings. The average molecular weight is 267 g/mol. The lowest BCUT2D eigenvalue weighted by molar-refractivity contribution is 0.0507. The van der Waals surface area contributed by atoms with E-state index < -0.39 is 0 Å². The molecule has 1 aliphatic carbocycles. The molecule has 1 saturated carbocycles. The molecular formula is C15H29N3O. The molecule has 4 heteroatoms. The molecular weight excluding hydrogens is 238 g/mol. The first-order chi connectivity index (χ1) is 9.10. The first kappa shape index (κ1) is 14.8. The van der Waals surface area contributed by atoms with Crippen molar-refractivity contribution in [1.29, 1.82) is 0 Å². The van der Waals surface area contributed by atoms with Crippen LogP contribution in [0.1, 0.15) is 45.4 Å². The van der Waals surface area contributed by atoms with Crippen LogP contribution in [-0.4, -0.2) is 37.2 Å². The lowest BCUT2D eigenvalue weighted by atomic mass is 9.70. The summed E-state index contributed by atoms with van der Waals surface area (Å²) in [6, 6.07) is 0.204. The van der Waals surface area contributed by atoms with Crippen LogP contribution in [0.15, 0.2) is 11.8 Å². The van der Waals surface area contributed by atoms with Crippen molar-refractivity contribution in [3.63, 3.8) is 0 Å². The van der Waals surface area contributed by atoms with Gasteiger partial charge in [0.05, 0.1) is 18.9 Å². The van der Waals surface area contributed by atoms with Gasteiger partial charge in [0, 0.05) is 5.54 Å².